The van der Waals surface area contributed by atoms with Gasteiger partial charge in [-0.2, -0.15) is 4.98 Å². The lowest BCUT2D eigenvalue weighted by Gasteiger charge is -2.28. The lowest BCUT2D eigenvalue weighted by Crippen LogP contribution is -2.29. The highest BCUT2D eigenvalue weighted by Gasteiger charge is 2.13. The van der Waals surface area contributed by atoms with Gasteiger partial charge in [0.15, 0.2) is 0 Å². The molecule has 0 spiro atoms. The lowest BCUT2D eigenvalue weighted by molar-refractivity contribution is 0.432. The van der Waals surface area contributed by atoms with Crippen LogP contribution in [0.5, 0.6) is 5.75 Å². The molecule has 5 nitrogen and oxygen atoms in total. The Balaban J connectivity index is 0.00000182. The third kappa shape index (κ3) is 3.77. The van der Waals surface area contributed by atoms with Gasteiger partial charge in [0.2, 0.25) is 5.82 Å². The van der Waals surface area contributed by atoms with Crippen LogP contribution in [0.25, 0.3) is 22.8 Å². The monoisotopic (exact) mass is 357 g/mol. The van der Waals surface area contributed by atoms with E-state index in [1.807, 2.05) is 12.1 Å². The average molecular weight is 358 g/mol. The molecular weight excluding hydrogens is 338 g/mol. The van der Waals surface area contributed by atoms with Crippen LogP contribution in [0.15, 0.2) is 53.1 Å². The van der Waals surface area contributed by atoms with Crippen molar-refractivity contribution in [3.05, 3.63) is 48.5 Å². The summed E-state index contributed by atoms with van der Waals surface area (Å²) in [5, 5.41) is 13.4. The SMILES string of the molecule is Cl.Oc1ccc(-c2nc(-c3ccc(N4CCCCC4)cc3)no2)cc1. The molecule has 6 heteroatoms. The second-order valence-electron chi connectivity index (χ2n) is 6.06. The molecule has 0 aliphatic carbocycles. The summed E-state index contributed by atoms with van der Waals surface area (Å²) in [7, 11) is 0. The Morgan fingerprint density at radius 2 is 1.48 bits per heavy atom. The van der Waals surface area contributed by atoms with Gasteiger partial charge in [0.05, 0.1) is 0 Å². The fourth-order valence-electron chi connectivity index (χ4n) is 3.04. The van der Waals surface area contributed by atoms with Crippen molar-refractivity contribution >= 4 is 18.1 Å². The molecule has 1 N–H and O–H groups in total. The van der Waals surface area contributed by atoms with Crippen LogP contribution in [-0.2, 0) is 0 Å². The third-order valence-corrected chi connectivity index (χ3v) is 4.39. The highest BCUT2D eigenvalue weighted by atomic mass is 35.5. The largest absolute Gasteiger partial charge is 0.508 e. The second kappa shape index (κ2) is 7.57. The number of rotatable bonds is 3. The summed E-state index contributed by atoms with van der Waals surface area (Å²) in [5.74, 6) is 1.24. The molecular formula is C19H20ClN3O2. The first kappa shape index (κ1) is 17.3. The maximum atomic E-state index is 9.35. The van der Waals surface area contributed by atoms with Crippen LogP contribution in [0.4, 0.5) is 5.69 Å². The number of phenolic OH excluding ortho intramolecular Hbond substituents is 1. The average Bonchev–Trinajstić information content (AvgIpc) is 3.13. The van der Waals surface area contributed by atoms with Crippen molar-refractivity contribution in [1.82, 2.24) is 10.1 Å². The van der Waals surface area contributed by atoms with Crippen LogP contribution >= 0.6 is 12.4 Å². The van der Waals surface area contributed by atoms with E-state index in [9.17, 15) is 5.11 Å². The van der Waals surface area contributed by atoms with Crippen molar-refractivity contribution in [1.29, 1.82) is 0 Å². The molecule has 2 heterocycles. The summed E-state index contributed by atoms with van der Waals surface area (Å²) in [6.07, 6.45) is 3.86. The fraction of sp³-hybridized carbons (Fsp3) is 0.263. The zero-order chi connectivity index (χ0) is 16.4. The number of hydrogen-bond acceptors (Lipinski definition) is 5. The van der Waals surface area contributed by atoms with Gasteiger partial charge in [0.1, 0.15) is 5.75 Å². The van der Waals surface area contributed by atoms with Gasteiger partial charge in [-0.1, -0.05) is 5.16 Å². The number of aromatic nitrogens is 2. The van der Waals surface area contributed by atoms with E-state index >= 15 is 0 Å². The molecule has 4 rings (SSSR count). The van der Waals surface area contributed by atoms with Gasteiger partial charge in [-0.3, -0.25) is 0 Å². The second-order valence-corrected chi connectivity index (χ2v) is 6.06. The Kier molecular flexibility index (Phi) is 5.24. The molecule has 0 radical (unpaired) electrons. The predicted molar refractivity (Wildman–Crippen MR) is 100 cm³/mol. The van der Waals surface area contributed by atoms with Gasteiger partial charge in [0.25, 0.3) is 5.89 Å². The number of piperidine rings is 1. The molecule has 1 aliphatic heterocycles. The molecule has 1 aliphatic rings. The van der Waals surface area contributed by atoms with Crippen LogP contribution in [0.2, 0.25) is 0 Å². The van der Waals surface area contributed by atoms with Gasteiger partial charge in [-0.25, -0.2) is 0 Å². The Morgan fingerprint density at radius 3 is 2.16 bits per heavy atom. The first-order chi connectivity index (χ1) is 11.8. The maximum absolute atomic E-state index is 9.35. The summed E-state index contributed by atoms with van der Waals surface area (Å²) < 4.78 is 5.34. The smallest absolute Gasteiger partial charge is 0.258 e. The van der Waals surface area contributed by atoms with E-state index in [1.165, 1.54) is 24.9 Å². The summed E-state index contributed by atoms with van der Waals surface area (Å²) in [5.41, 5.74) is 2.97. The highest BCUT2D eigenvalue weighted by Crippen LogP contribution is 2.26. The van der Waals surface area contributed by atoms with Crippen molar-refractivity contribution in [2.45, 2.75) is 19.3 Å². The number of hydrogen-bond donors (Lipinski definition) is 1. The zero-order valence-electron chi connectivity index (χ0n) is 13.8. The Morgan fingerprint density at radius 1 is 0.840 bits per heavy atom. The van der Waals surface area contributed by atoms with Crippen LogP contribution < -0.4 is 4.90 Å². The van der Waals surface area contributed by atoms with Gasteiger partial charge >= 0.3 is 0 Å². The number of phenols is 1. The van der Waals surface area contributed by atoms with E-state index in [2.05, 4.69) is 27.2 Å². The maximum Gasteiger partial charge on any atom is 0.258 e. The number of halogens is 1. The molecule has 1 saturated heterocycles. The van der Waals surface area contributed by atoms with E-state index < -0.39 is 0 Å². The molecule has 0 unspecified atom stereocenters. The number of aromatic hydroxyl groups is 1. The van der Waals surface area contributed by atoms with E-state index in [-0.39, 0.29) is 18.2 Å². The lowest BCUT2D eigenvalue weighted by atomic mass is 10.1. The van der Waals surface area contributed by atoms with E-state index in [0.717, 1.165) is 24.2 Å². The molecule has 130 valence electrons. The number of nitrogens with zero attached hydrogens (tertiary/aromatic N) is 3. The molecule has 0 saturated carbocycles. The number of anilines is 1. The molecule has 3 aromatic rings. The molecule has 0 amide bonds. The standard InChI is InChI=1S/C19H19N3O2.ClH/c23-17-10-6-15(7-11-17)19-20-18(21-24-19)14-4-8-16(9-5-14)22-12-2-1-3-13-22;/h4-11,23H,1-3,12-13H2;1H. The first-order valence-corrected chi connectivity index (χ1v) is 8.28. The fourth-order valence-corrected chi connectivity index (χ4v) is 3.04. The normalized spacial score (nSPS) is 14.2. The van der Waals surface area contributed by atoms with Crippen LogP contribution in [0, 0.1) is 0 Å². The minimum absolute atomic E-state index is 0. The minimum Gasteiger partial charge on any atom is -0.508 e. The zero-order valence-corrected chi connectivity index (χ0v) is 14.6. The van der Waals surface area contributed by atoms with Crippen molar-refractivity contribution < 1.29 is 9.63 Å². The third-order valence-electron chi connectivity index (χ3n) is 4.39. The van der Waals surface area contributed by atoms with Crippen LogP contribution in [-0.4, -0.2) is 28.3 Å². The van der Waals surface area contributed by atoms with E-state index in [0.29, 0.717) is 11.7 Å². The number of benzene rings is 2. The summed E-state index contributed by atoms with van der Waals surface area (Å²) in [6, 6.07) is 15.0. The topological polar surface area (TPSA) is 62.4 Å². The Bertz CT molecular complexity index is 809. The van der Waals surface area contributed by atoms with Gasteiger partial charge in [0, 0.05) is 29.9 Å². The minimum atomic E-state index is 0. The predicted octanol–water partition coefficient (Wildman–Crippen LogP) is 4.52. The molecule has 0 bridgehead atoms. The Labute approximate surface area is 152 Å². The van der Waals surface area contributed by atoms with Crippen molar-refractivity contribution in [2.75, 3.05) is 18.0 Å². The summed E-state index contributed by atoms with van der Waals surface area (Å²) >= 11 is 0. The molecule has 2 aromatic carbocycles. The van der Waals surface area contributed by atoms with E-state index in [1.54, 1.807) is 24.3 Å². The molecule has 25 heavy (non-hydrogen) atoms. The first-order valence-electron chi connectivity index (χ1n) is 8.28. The van der Waals surface area contributed by atoms with E-state index in [4.69, 9.17) is 4.52 Å². The van der Waals surface area contributed by atoms with Crippen LogP contribution in [0.1, 0.15) is 19.3 Å². The molecule has 1 aromatic heterocycles. The Hall–Kier alpha value is -2.53. The van der Waals surface area contributed by atoms with Crippen LogP contribution in [0.3, 0.4) is 0 Å². The van der Waals surface area contributed by atoms with Gasteiger partial charge in [-0.05, 0) is 67.8 Å². The van der Waals surface area contributed by atoms with Crippen molar-refractivity contribution in [3.63, 3.8) is 0 Å². The molecule has 1 fully saturated rings. The van der Waals surface area contributed by atoms with Gasteiger partial charge < -0.3 is 14.5 Å². The van der Waals surface area contributed by atoms with Crippen molar-refractivity contribution in [2.24, 2.45) is 0 Å². The molecule has 0 atom stereocenters. The summed E-state index contributed by atoms with van der Waals surface area (Å²) in [4.78, 5) is 6.87. The summed E-state index contributed by atoms with van der Waals surface area (Å²) in [6.45, 7) is 2.26. The quantitative estimate of drug-likeness (QED) is 0.746. The van der Waals surface area contributed by atoms with Gasteiger partial charge in [-0.15, -0.1) is 12.4 Å². The highest BCUT2D eigenvalue weighted by molar-refractivity contribution is 5.85. The van der Waals surface area contributed by atoms with Crippen molar-refractivity contribution in [3.8, 4) is 28.6 Å².